The van der Waals surface area contributed by atoms with E-state index in [1.54, 1.807) is 18.3 Å². The molecule has 1 aromatic carbocycles. The zero-order valence-corrected chi connectivity index (χ0v) is 10.3. The highest BCUT2D eigenvalue weighted by Gasteiger charge is 2.10. The van der Waals surface area contributed by atoms with E-state index in [4.69, 9.17) is 0 Å². The van der Waals surface area contributed by atoms with Crippen LogP contribution in [0.1, 0.15) is 0 Å². The summed E-state index contributed by atoms with van der Waals surface area (Å²) in [5, 5.41) is 1.02. The predicted octanol–water partition coefficient (Wildman–Crippen LogP) is 4.13. The van der Waals surface area contributed by atoms with Crippen molar-refractivity contribution in [3.8, 4) is 11.3 Å². The minimum absolute atomic E-state index is 0.237. The third-order valence-electron chi connectivity index (χ3n) is 2.64. The summed E-state index contributed by atoms with van der Waals surface area (Å²) in [6, 6.07) is 10.2. The van der Waals surface area contributed by atoms with Crippen molar-refractivity contribution < 1.29 is 4.39 Å². The summed E-state index contributed by atoms with van der Waals surface area (Å²) < 4.78 is 13.8. The van der Waals surface area contributed by atoms with E-state index in [0.29, 0.717) is 0 Å². The number of nitrogens with one attached hydrogen (secondary N) is 1. The summed E-state index contributed by atoms with van der Waals surface area (Å²) in [6.07, 6.45) is 1.74. The first kappa shape index (κ1) is 10.5. The van der Waals surface area contributed by atoms with Gasteiger partial charge in [0, 0.05) is 11.6 Å². The van der Waals surface area contributed by atoms with E-state index in [1.807, 2.05) is 12.1 Å². The molecule has 0 unspecified atom stereocenters. The van der Waals surface area contributed by atoms with Crippen molar-refractivity contribution in [3.05, 3.63) is 52.9 Å². The second kappa shape index (κ2) is 3.96. The van der Waals surface area contributed by atoms with Crippen LogP contribution in [0.2, 0.25) is 0 Å². The second-order valence-electron chi connectivity index (χ2n) is 3.72. The van der Waals surface area contributed by atoms with Crippen LogP contribution in [0.5, 0.6) is 0 Å². The molecule has 2 aromatic heterocycles. The van der Waals surface area contributed by atoms with Crippen molar-refractivity contribution in [1.82, 2.24) is 9.97 Å². The van der Waals surface area contributed by atoms with Gasteiger partial charge in [-0.3, -0.25) is 0 Å². The van der Waals surface area contributed by atoms with E-state index in [9.17, 15) is 4.39 Å². The minimum atomic E-state index is -0.237. The van der Waals surface area contributed by atoms with E-state index in [2.05, 4.69) is 25.9 Å². The monoisotopic (exact) mass is 290 g/mol. The van der Waals surface area contributed by atoms with Crippen LogP contribution < -0.4 is 0 Å². The highest BCUT2D eigenvalue weighted by Crippen LogP contribution is 2.33. The van der Waals surface area contributed by atoms with Gasteiger partial charge in [0.15, 0.2) is 0 Å². The zero-order valence-electron chi connectivity index (χ0n) is 8.74. The van der Waals surface area contributed by atoms with Gasteiger partial charge in [0.05, 0.1) is 10.2 Å². The van der Waals surface area contributed by atoms with Crippen molar-refractivity contribution >= 4 is 27.0 Å². The van der Waals surface area contributed by atoms with Gasteiger partial charge in [-0.1, -0.05) is 0 Å². The largest absolute Gasteiger partial charge is 0.338 e. The molecule has 0 aliphatic rings. The van der Waals surface area contributed by atoms with Crippen LogP contribution in [0, 0.1) is 5.82 Å². The molecular weight excluding hydrogens is 283 g/mol. The molecule has 3 rings (SSSR count). The van der Waals surface area contributed by atoms with Gasteiger partial charge in [-0.25, -0.2) is 9.37 Å². The Morgan fingerprint density at radius 2 is 1.88 bits per heavy atom. The molecule has 2 heterocycles. The highest BCUT2D eigenvalue weighted by molar-refractivity contribution is 9.10. The number of aromatic nitrogens is 2. The minimum Gasteiger partial charge on any atom is -0.338 e. The van der Waals surface area contributed by atoms with Crippen LogP contribution in [-0.2, 0) is 0 Å². The van der Waals surface area contributed by atoms with Gasteiger partial charge >= 0.3 is 0 Å². The molecule has 0 aliphatic heterocycles. The summed E-state index contributed by atoms with van der Waals surface area (Å²) in [7, 11) is 0. The molecule has 0 saturated carbocycles. The molecule has 4 heteroatoms. The number of fused-ring (bicyclic) bond motifs is 1. The molecule has 3 aromatic rings. The molecule has 0 amide bonds. The first-order chi connectivity index (χ1) is 8.25. The molecule has 0 aliphatic carbocycles. The third-order valence-corrected chi connectivity index (χ3v) is 3.46. The van der Waals surface area contributed by atoms with Gasteiger partial charge in [-0.15, -0.1) is 0 Å². The fourth-order valence-electron chi connectivity index (χ4n) is 1.81. The SMILES string of the molecule is Fc1ccc(-c2[nH]c3ncccc3c2Br)cc1. The number of halogens is 2. The van der Waals surface area contributed by atoms with Crippen LogP contribution in [0.4, 0.5) is 4.39 Å². The molecule has 0 radical (unpaired) electrons. The average molecular weight is 291 g/mol. The van der Waals surface area contributed by atoms with Crippen LogP contribution in [0.15, 0.2) is 47.1 Å². The number of rotatable bonds is 1. The Morgan fingerprint density at radius 3 is 2.59 bits per heavy atom. The predicted molar refractivity (Wildman–Crippen MR) is 69.2 cm³/mol. The molecule has 0 saturated heterocycles. The third kappa shape index (κ3) is 1.74. The van der Waals surface area contributed by atoms with E-state index in [1.165, 1.54) is 12.1 Å². The number of aromatic amines is 1. The number of benzene rings is 1. The van der Waals surface area contributed by atoms with Crippen LogP contribution in [0.3, 0.4) is 0 Å². The first-order valence-corrected chi connectivity index (χ1v) is 5.93. The average Bonchev–Trinajstić information content (AvgIpc) is 2.69. The van der Waals surface area contributed by atoms with E-state index in [-0.39, 0.29) is 5.82 Å². The lowest BCUT2D eigenvalue weighted by atomic mass is 10.1. The molecule has 0 spiro atoms. The Morgan fingerprint density at radius 1 is 1.12 bits per heavy atom. The number of nitrogens with zero attached hydrogens (tertiary/aromatic N) is 1. The molecular formula is C13H8BrFN2. The van der Waals surface area contributed by atoms with Gasteiger partial charge in [-0.05, 0) is 57.9 Å². The molecule has 17 heavy (non-hydrogen) atoms. The zero-order chi connectivity index (χ0) is 11.8. The van der Waals surface area contributed by atoms with Crippen molar-refractivity contribution in [1.29, 1.82) is 0 Å². The summed E-state index contributed by atoms with van der Waals surface area (Å²) in [4.78, 5) is 7.47. The van der Waals surface area contributed by atoms with Crippen molar-refractivity contribution in [2.75, 3.05) is 0 Å². The van der Waals surface area contributed by atoms with Crippen molar-refractivity contribution in [2.45, 2.75) is 0 Å². The molecule has 0 fully saturated rings. The Balaban J connectivity index is 2.24. The van der Waals surface area contributed by atoms with E-state index >= 15 is 0 Å². The number of H-pyrrole nitrogens is 1. The lowest BCUT2D eigenvalue weighted by molar-refractivity contribution is 0.628. The molecule has 1 N–H and O–H groups in total. The lowest BCUT2D eigenvalue weighted by Crippen LogP contribution is -1.79. The Bertz CT molecular complexity index is 673. The maximum atomic E-state index is 12.9. The summed E-state index contributed by atoms with van der Waals surface area (Å²) >= 11 is 3.54. The summed E-state index contributed by atoms with van der Waals surface area (Å²) in [6.45, 7) is 0. The quantitative estimate of drug-likeness (QED) is 0.717. The Labute approximate surface area is 106 Å². The van der Waals surface area contributed by atoms with Crippen LogP contribution >= 0.6 is 15.9 Å². The maximum absolute atomic E-state index is 12.9. The van der Waals surface area contributed by atoms with E-state index in [0.717, 1.165) is 26.8 Å². The number of hydrogen-bond donors (Lipinski definition) is 1. The summed E-state index contributed by atoms with van der Waals surface area (Å²) in [5.74, 6) is -0.237. The molecule has 0 bridgehead atoms. The van der Waals surface area contributed by atoms with Crippen LogP contribution in [0.25, 0.3) is 22.3 Å². The molecule has 0 atom stereocenters. The normalized spacial score (nSPS) is 10.9. The number of hydrogen-bond acceptors (Lipinski definition) is 1. The van der Waals surface area contributed by atoms with Crippen molar-refractivity contribution in [3.63, 3.8) is 0 Å². The van der Waals surface area contributed by atoms with Gasteiger partial charge in [-0.2, -0.15) is 0 Å². The van der Waals surface area contributed by atoms with Gasteiger partial charge < -0.3 is 4.98 Å². The van der Waals surface area contributed by atoms with Gasteiger partial charge in [0.1, 0.15) is 11.5 Å². The topological polar surface area (TPSA) is 28.7 Å². The number of pyridine rings is 1. The standard InChI is InChI=1S/C13H8BrFN2/c14-11-10-2-1-7-16-13(10)17-12(11)8-3-5-9(15)6-4-8/h1-7H,(H,16,17). The van der Waals surface area contributed by atoms with Crippen LogP contribution in [-0.4, -0.2) is 9.97 Å². The molecule has 2 nitrogen and oxygen atoms in total. The fourth-order valence-corrected chi connectivity index (χ4v) is 2.45. The maximum Gasteiger partial charge on any atom is 0.138 e. The Hall–Kier alpha value is -1.68. The Kier molecular flexibility index (Phi) is 2.44. The highest BCUT2D eigenvalue weighted by atomic mass is 79.9. The fraction of sp³-hybridized carbons (Fsp3) is 0. The van der Waals surface area contributed by atoms with Crippen molar-refractivity contribution in [2.24, 2.45) is 0 Å². The molecule has 84 valence electrons. The van der Waals surface area contributed by atoms with Gasteiger partial charge in [0.25, 0.3) is 0 Å². The van der Waals surface area contributed by atoms with Gasteiger partial charge in [0.2, 0.25) is 0 Å². The summed E-state index contributed by atoms with van der Waals surface area (Å²) in [5.41, 5.74) is 2.66. The lowest BCUT2D eigenvalue weighted by Gasteiger charge is -1.98. The second-order valence-corrected chi connectivity index (χ2v) is 4.51. The smallest absolute Gasteiger partial charge is 0.138 e. The van der Waals surface area contributed by atoms with E-state index < -0.39 is 0 Å². The first-order valence-electron chi connectivity index (χ1n) is 5.14.